The van der Waals surface area contributed by atoms with Gasteiger partial charge in [-0.2, -0.15) is 0 Å². The number of likely N-dealkylation sites (tertiary alicyclic amines) is 1. The summed E-state index contributed by atoms with van der Waals surface area (Å²) in [5.41, 5.74) is 5.83. The summed E-state index contributed by atoms with van der Waals surface area (Å²) >= 11 is 0. The lowest BCUT2D eigenvalue weighted by molar-refractivity contribution is 0.210. The van der Waals surface area contributed by atoms with Crippen molar-refractivity contribution >= 4 is 0 Å². The Labute approximate surface area is 123 Å². The molecule has 0 radical (unpaired) electrons. The Morgan fingerprint density at radius 3 is 2.60 bits per heavy atom. The van der Waals surface area contributed by atoms with E-state index in [0.717, 1.165) is 24.4 Å². The molecule has 2 nitrogen and oxygen atoms in total. The zero-order valence-electron chi connectivity index (χ0n) is 13.4. The second-order valence-electron chi connectivity index (χ2n) is 6.85. The van der Waals surface area contributed by atoms with Crippen molar-refractivity contribution in [2.24, 2.45) is 11.8 Å². The fourth-order valence-corrected chi connectivity index (χ4v) is 4.26. The van der Waals surface area contributed by atoms with Gasteiger partial charge in [-0.05, 0) is 74.4 Å². The highest BCUT2D eigenvalue weighted by molar-refractivity contribution is 5.36. The quantitative estimate of drug-likeness (QED) is 0.910. The van der Waals surface area contributed by atoms with Gasteiger partial charge in [-0.1, -0.05) is 19.1 Å². The molecule has 0 bridgehead atoms. The topological polar surface area (TPSA) is 15.3 Å². The molecule has 2 saturated heterocycles. The number of fused-ring (bicyclic) bond motifs is 1. The van der Waals surface area contributed by atoms with Crippen LogP contribution in [0.25, 0.3) is 0 Å². The normalized spacial score (nSPS) is 29.9. The van der Waals surface area contributed by atoms with E-state index in [0.29, 0.717) is 0 Å². The van der Waals surface area contributed by atoms with Crippen LogP contribution in [0.1, 0.15) is 35.6 Å². The molecule has 0 aromatic heterocycles. The van der Waals surface area contributed by atoms with Gasteiger partial charge in [0.1, 0.15) is 0 Å². The van der Waals surface area contributed by atoms with Crippen LogP contribution in [0.4, 0.5) is 0 Å². The third kappa shape index (κ3) is 2.40. The summed E-state index contributed by atoms with van der Waals surface area (Å²) in [5, 5.41) is 3.57. The van der Waals surface area contributed by atoms with Crippen molar-refractivity contribution in [3.05, 3.63) is 34.4 Å². The van der Waals surface area contributed by atoms with Gasteiger partial charge in [0.25, 0.3) is 0 Å². The van der Waals surface area contributed by atoms with Gasteiger partial charge >= 0.3 is 0 Å². The molecule has 0 amide bonds. The Hall–Kier alpha value is -0.860. The first-order valence-corrected chi connectivity index (χ1v) is 8.11. The van der Waals surface area contributed by atoms with E-state index in [4.69, 9.17) is 0 Å². The molecular weight excluding hydrogens is 244 g/mol. The predicted octanol–water partition coefficient (Wildman–Crippen LogP) is 3.04. The van der Waals surface area contributed by atoms with Gasteiger partial charge in [0.15, 0.2) is 0 Å². The Morgan fingerprint density at radius 1 is 1.10 bits per heavy atom. The summed E-state index contributed by atoms with van der Waals surface area (Å²) in [4.78, 5) is 2.74. The number of hydrogen-bond donors (Lipinski definition) is 1. The molecule has 110 valence electrons. The first-order chi connectivity index (χ1) is 9.60. The lowest BCUT2D eigenvalue weighted by atomic mass is 9.92. The second kappa shape index (κ2) is 5.50. The molecule has 1 aromatic rings. The zero-order valence-corrected chi connectivity index (χ0v) is 13.4. The Balaban J connectivity index is 1.79. The highest BCUT2D eigenvalue weighted by Gasteiger charge is 2.42. The van der Waals surface area contributed by atoms with E-state index < -0.39 is 0 Å². The fourth-order valence-electron chi connectivity index (χ4n) is 4.26. The third-order valence-corrected chi connectivity index (χ3v) is 5.57. The van der Waals surface area contributed by atoms with E-state index in [9.17, 15) is 0 Å². The third-order valence-electron chi connectivity index (χ3n) is 5.57. The Bertz CT molecular complexity index is 494. The number of benzene rings is 1. The van der Waals surface area contributed by atoms with Crippen LogP contribution in [0.15, 0.2) is 12.1 Å². The highest BCUT2D eigenvalue weighted by atomic mass is 15.2. The number of rotatable bonds is 3. The van der Waals surface area contributed by atoms with E-state index in [1.165, 1.54) is 48.3 Å². The molecule has 2 heteroatoms. The molecule has 0 aliphatic carbocycles. The van der Waals surface area contributed by atoms with E-state index in [2.05, 4.69) is 50.0 Å². The van der Waals surface area contributed by atoms with Crippen LogP contribution in [-0.2, 0) is 6.54 Å². The van der Waals surface area contributed by atoms with Crippen LogP contribution in [0.3, 0.4) is 0 Å². The molecule has 1 aromatic carbocycles. The van der Waals surface area contributed by atoms with Crippen molar-refractivity contribution in [1.29, 1.82) is 0 Å². The molecule has 3 rings (SSSR count). The molecule has 2 heterocycles. The molecule has 2 aliphatic heterocycles. The van der Waals surface area contributed by atoms with Gasteiger partial charge in [-0.25, -0.2) is 0 Å². The number of nitrogens with one attached hydrogen (secondary N) is 1. The van der Waals surface area contributed by atoms with E-state index in [1.54, 1.807) is 0 Å². The summed E-state index contributed by atoms with van der Waals surface area (Å²) in [5.74, 6) is 1.76. The molecule has 0 spiro atoms. The highest BCUT2D eigenvalue weighted by Crippen LogP contribution is 2.35. The van der Waals surface area contributed by atoms with Crippen molar-refractivity contribution in [1.82, 2.24) is 10.2 Å². The fraction of sp³-hybridized carbons (Fsp3) is 0.667. The maximum absolute atomic E-state index is 3.57. The smallest absolute Gasteiger partial charge is 0.0239 e. The average molecular weight is 272 g/mol. The van der Waals surface area contributed by atoms with Gasteiger partial charge in [-0.15, -0.1) is 0 Å². The minimum absolute atomic E-state index is 0.774. The number of nitrogens with zero attached hydrogens (tertiary/aromatic N) is 1. The summed E-state index contributed by atoms with van der Waals surface area (Å²) in [6.45, 7) is 13.9. The monoisotopic (exact) mass is 272 g/mol. The van der Waals surface area contributed by atoms with Crippen LogP contribution < -0.4 is 5.32 Å². The lowest BCUT2D eigenvalue weighted by Crippen LogP contribution is -2.34. The standard InChI is InChI=1S/C18H28N2/c1-5-18-17-9-19-8-16(17)11-20(18)10-15-7-13(3)12(2)6-14(15)4/h6-7,16-19H,5,8-11H2,1-4H3. The molecule has 20 heavy (non-hydrogen) atoms. The van der Waals surface area contributed by atoms with Crippen LogP contribution in [0.5, 0.6) is 0 Å². The van der Waals surface area contributed by atoms with Gasteiger partial charge in [0.05, 0.1) is 0 Å². The summed E-state index contributed by atoms with van der Waals surface area (Å²) in [6, 6.07) is 5.53. The molecule has 2 aliphatic rings. The Kier molecular flexibility index (Phi) is 3.87. The van der Waals surface area contributed by atoms with Crippen LogP contribution in [-0.4, -0.2) is 30.6 Å². The van der Waals surface area contributed by atoms with Crippen molar-refractivity contribution in [3.63, 3.8) is 0 Å². The maximum Gasteiger partial charge on any atom is 0.0239 e. The second-order valence-corrected chi connectivity index (χ2v) is 6.85. The minimum atomic E-state index is 0.774. The molecule has 3 atom stereocenters. The Morgan fingerprint density at radius 2 is 1.85 bits per heavy atom. The molecule has 1 N–H and O–H groups in total. The summed E-state index contributed by atoms with van der Waals surface area (Å²) in [7, 11) is 0. The number of aryl methyl sites for hydroxylation is 3. The molecule has 2 fully saturated rings. The summed E-state index contributed by atoms with van der Waals surface area (Å²) < 4.78 is 0. The average Bonchev–Trinajstić information content (AvgIpc) is 2.96. The van der Waals surface area contributed by atoms with E-state index in [1.807, 2.05) is 0 Å². The zero-order chi connectivity index (χ0) is 14.3. The molecular formula is C18H28N2. The van der Waals surface area contributed by atoms with Crippen molar-refractivity contribution < 1.29 is 0 Å². The van der Waals surface area contributed by atoms with Gasteiger partial charge < -0.3 is 5.32 Å². The van der Waals surface area contributed by atoms with Crippen molar-refractivity contribution in [2.75, 3.05) is 19.6 Å². The first kappa shape index (κ1) is 14.1. The van der Waals surface area contributed by atoms with Gasteiger partial charge in [-0.3, -0.25) is 4.90 Å². The maximum atomic E-state index is 3.57. The van der Waals surface area contributed by atoms with E-state index >= 15 is 0 Å². The molecule has 0 saturated carbocycles. The predicted molar refractivity (Wildman–Crippen MR) is 85.0 cm³/mol. The molecule has 3 unspecified atom stereocenters. The first-order valence-electron chi connectivity index (χ1n) is 8.11. The van der Waals surface area contributed by atoms with Crippen molar-refractivity contribution in [3.8, 4) is 0 Å². The van der Waals surface area contributed by atoms with Crippen LogP contribution >= 0.6 is 0 Å². The van der Waals surface area contributed by atoms with Crippen LogP contribution in [0.2, 0.25) is 0 Å². The van der Waals surface area contributed by atoms with Gasteiger partial charge in [0.2, 0.25) is 0 Å². The summed E-state index contributed by atoms with van der Waals surface area (Å²) in [6.07, 6.45) is 1.28. The lowest BCUT2D eigenvalue weighted by Gasteiger charge is -2.27. The van der Waals surface area contributed by atoms with Crippen LogP contribution in [0, 0.1) is 32.6 Å². The van der Waals surface area contributed by atoms with Crippen molar-refractivity contribution in [2.45, 2.75) is 46.7 Å². The largest absolute Gasteiger partial charge is 0.316 e. The van der Waals surface area contributed by atoms with E-state index in [-0.39, 0.29) is 0 Å². The number of hydrogen-bond acceptors (Lipinski definition) is 2. The minimum Gasteiger partial charge on any atom is -0.316 e. The SMILES string of the molecule is CCC1C2CNCC2CN1Cc1cc(C)c(C)cc1C. The van der Waals surface area contributed by atoms with Gasteiger partial charge in [0, 0.05) is 19.1 Å².